The summed E-state index contributed by atoms with van der Waals surface area (Å²) in [5.74, 6) is 0.439. The van der Waals surface area contributed by atoms with Crippen molar-refractivity contribution in [3.05, 3.63) is 12.5 Å². The molecular formula is C6H13NOSi. The third kappa shape index (κ3) is 5.30. The Kier molecular flexibility index (Phi) is 2.64. The van der Waals surface area contributed by atoms with Crippen molar-refractivity contribution in [2.24, 2.45) is 4.99 Å². The first-order valence-electron chi connectivity index (χ1n) is 2.80. The second-order valence-corrected chi connectivity index (χ2v) is 7.20. The summed E-state index contributed by atoms with van der Waals surface area (Å²) >= 11 is 0. The molecule has 0 spiro atoms. The Hall–Kier alpha value is -0.573. The number of hydrogen-bond donors (Lipinski definition) is 0. The normalized spacial score (nSPS) is 10.6. The first-order chi connectivity index (χ1) is 3.95. The molecule has 9 heavy (non-hydrogen) atoms. The number of aliphatic imine (C=N–C) groups is 1. The lowest BCUT2D eigenvalue weighted by molar-refractivity contribution is 0.421. The lowest BCUT2D eigenvalue weighted by Gasteiger charge is -2.17. The van der Waals surface area contributed by atoms with Gasteiger partial charge in [-0.3, -0.25) is 0 Å². The summed E-state index contributed by atoms with van der Waals surface area (Å²) in [4.78, 5) is 3.54. The Labute approximate surface area is 57.4 Å². The molecule has 3 heteroatoms. The van der Waals surface area contributed by atoms with Crippen LogP contribution in [0.4, 0.5) is 0 Å². The average molecular weight is 143 g/mol. The van der Waals surface area contributed by atoms with Crippen molar-refractivity contribution in [2.45, 2.75) is 19.6 Å². The van der Waals surface area contributed by atoms with Crippen LogP contribution in [0.15, 0.2) is 17.5 Å². The zero-order chi connectivity index (χ0) is 7.49. The van der Waals surface area contributed by atoms with E-state index in [-0.39, 0.29) is 0 Å². The molecule has 0 N–H and O–H groups in total. The number of rotatable bonds is 3. The zero-order valence-electron chi connectivity index (χ0n) is 6.27. The molecule has 0 aliphatic carbocycles. The molecule has 0 atom stereocenters. The monoisotopic (exact) mass is 143 g/mol. The van der Waals surface area contributed by atoms with Crippen LogP contribution >= 0.6 is 0 Å². The standard InChI is InChI=1S/C6H13NOSi/c1-6(7-2)8-9(3,4)5/h1-2H2,3-5H3. The Bertz CT molecular complexity index is 126. The first-order valence-corrected chi connectivity index (χ1v) is 6.21. The Morgan fingerprint density at radius 1 is 1.44 bits per heavy atom. The molecule has 0 rings (SSSR count). The summed E-state index contributed by atoms with van der Waals surface area (Å²) in [7, 11) is -1.47. The molecule has 52 valence electrons. The smallest absolute Gasteiger partial charge is 0.244 e. The fraction of sp³-hybridized carbons (Fsp3) is 0.500. The molecule has 2 nitrogen and oxygen atoms in total. The van der Waals surface area contributed by atoms with Crippen LogP contribution in [0.3, 0.4) is 0 Å². The van der Waals surface area contributed by atoms with E-state index < -0.39 is 8.32 Å². The van der Waals surface area contributed by atoms with Gasteiger partial charge in [0, 0.05) is 0 Å². The maximum absolute atomic E-state index is 5.30. The molecule has 0 amide bonds. The minimum Gasteiger partial charge on any atom is -0.532 e. The van der Waals surface area contributed by atoms with Gasteiger partial charge in [-0.15, -0.1) is 0 Å². The second-order valence-electron chi connectivity index (χ2n) is 2.77. The van der Waals surface area contributed by atoms with E-state index in [0.717, 1.165) is 0 Å². The number of hydrogen-bond acceptors (Lipinski definition) is 2. The van der Waals surface area contributed by atoms with Gasteiger partial charge in [0.25, 0.3) is 0 Å². The molecular weight excluding hydrogens is 130 g/mol. The Morgan fingerprint density at radius 2 is 1.89 bits per heavy atom. The van der Waals surface area contributed by atoms with Crippen molar-refractivity contribution in [2.75, 3.05) is 0 Å². The molecule has 0 unspecified atom stereocenters. The quantitative estimate of drug-likeness (QED) is 0.336. The van der Waals surface area contributed by atoms with E-state index in [9.17, 15) is 0 Å². The SMILES string of the molecule is C=NC(=C)O[Si](C)(C)C. The van der Waals surface area contributed by atoms with Crippen LogP contribution in [0, 0.1) is 0 Å². The highest BCUT2D eigenvalue weighted by Crippen LogP contribution is 2.08. The highest BCUT2D eigenvalue weighted by molar-refractivity contribution is 6.70. The van der Waals surface area contributed by atoms with Crippen LogP contribution in [-0.2, 0) is 4.43 Å². The van der Waals surface area contributed by atoms with Gasteiger partial charge in [0.05, 0.1) is 0 Å². The molecule has 0 aromatic carbocycles. The lowest BCUT2D eigenvalue weighted by Crippen LogP contribution is -2.23. The minimum absolute atomic E-state index is 0.439. The highest BCUT2D eigenvalue weighted by atomic mass is 28.4. The van der Waals surface area contributed by atoms with Gasteiger partial charge in [-0.1, -0.05) is 0 Å². The summed E-state index contributed by atoms with van der Waals surface area (Å²) in [6, 6.07) is 0. The molecule has 0 heterocycles. The third-order valence-corrected chi connectivity index (χ3v) is 1.45. The van der Waals surface area contributed by atoms with E-state index in [4.69, 9.17) is 4.43 Å². The van der Waals surface area contributed by atoms with Gasteiger partial charge in [0.15, 0.2) is 5.88 Å². The van der Waals surface area contributed by atoms with Gasteiger partial charge in [-0.05, 0) is 32.9 Å². The van der Waals surface area contributed by atoms with Crippen LogP contribution in [0.5, 0.6) is 0 Å². The largest absolute Gasteiger partial charge is 0.532 e. The topological polar surface area (TPSA) is 21.6 Å². The molecule has 0 aromatic heterocycles. The van der Waals surface area contributed by atoms with Crippen molar-refractivity contribution in [3.8, 4) is 0 Å². The Morgan fingerprint density at radius 3 is 2.00 bits per heavy atom. The molecule has 0 saturated carbocycles. The molecule has 0 aliphatic heterocycles. The van der Waals surface area contributed by atoms with Gasteiger partial charge in [-0.25, -0.2) is 4.99 Å². The molecule has 0 radical (unpaired) electrons. The van der Waals surface area contributed by atoms with Crippen LogP contribution < -0.4 is 0 Å². The lowest BCUT2D eigenvalue weighted by atomic mass is 11.0. The maximum atomic E-state index is 5.30. The summed E-state index contributed by atoms with van der Waals surface area (Å²) in [6.07, 6.45) is 0. The third-order valence-electron chi connectivity index (χ3n) is 0.600. The maximum Gasteiger partial charge on any atom is 0.244 e. The second kappa shape index (κ2) is 2.82. The van der Waals surface area contributed by atoms with Gasteiger partial charge in [0.2, 0.25) is 8.32 Å². The summed E-state index contributed by atoms with van der Waals surface area (Å²) < 4.78 is 5.30. The summed E-state index contributed by atoms with van der Waals surface area (Å²) in [6.45, 7) is 13.1. The van der Waals surface area contributed by atoms with E-state index in [1.54, 1.807) is 0 Å². The summed E-state index contributed by atoms with van der Waals surface area (Å²) in [5.41, 5.74) is 0. The average Bonchev–Trinajstić information content (AvgIpc) is 1.62. The Balaban J connectivity index is 3.74. The van der Waals surface area contributed by atoms with E-state index in [1.807, 2.05) is 0 Å². The predicted octanol–water partition coefficient (Wildman–Crippen LogP) is 2.01. The fourth-order valence-electron chi connectivity index (χ4n) is 0.386. The van der Waals surface area contributed by atoms with E-state index in [1.165, 1.54) is 0 Å². The molecule has 0 bridgehead atoms. The number of nitrogens with zero attached hydrogens (tertiary/aromatic N) is 1. The van der Waals surface area contributed by atoms with E-state index in [0.29, 0.717) is 5.88 Å². The van der Waals surface area contributed by atoms with Crippen molar-refractivity contribution in [3.63, 3.8) is 0 Å². The first kappa shape index (κ1) is 8.43. The molecule has 0 saturated heterocycles. The highest BCUT2D eigenvalue weighted by Gasteiger charge is 2.15. The van der Waals surface area contributed by atoms with Crippen LogP contribution in [0.25, 0.3) is 0 Å². The molecule has 0 aromatic rings. The van der Waals surface area contributed by atoms with Crippen molar-refractivity contribution in [1.82, 2.24) is 0 Å². The predicted molar refractivity (Wildman–Crippen MR) is 43.1 cm³/mol. The fourth-order valence-corrected chi connectivity index (χ4v) is 1.16. The van der Waals surface area contributed by atoms with Gasteiger partial charge < -0.3 is 4.43 Å². The van der Waals surface area contributed by atoms with Gasteiger partial charge in [-0.2, -0.15) is 0 Å². The molecule has 0 fully saturated rings. The van der Waals surface area contributed by atoms with Crippen molar-refractivity contribution >= 4 is 15.0 Å². The van der Waals surface area contributed by atoms with E-state index >= 15 is 0 Å². The minimum atomic E-state index is -1.47. The van der Waals surface area contributed by atoms with Crippen LogP contribution in [0.1, 0.15) is 0 Å². The van der Waals surface area contributed by atoms with Gasteiger partial charge >= 0.3 is 0 Å². The zero-order valence-corrected chi connectivity index (χ0v) is 7.27. The molecule has 0 aliphatic rings. The van der Waals surface area contributed by atoms with Crippen molar-refractivity contribution < 1.29 is 4.43 Å². The van der Waals surface area contributed by atoms with Crippen LogP contribution in [0.2, 0.25) is 19.6 Å². The van der Waals surface area contributed by atoms with Crippen molar-refractivity contribution in [1.29, 1.82) is 0 Å². The van der Waals surface area contributed by atoms with Crippen LogP contribution in [-0.4, -0.2) is 15.0 Å². The van der Waals surface area contributed by atoms with E-state index in [2.05, 4.69) is 37.9 Å². The summed E-state index contributed by atoms with van der Waals surface area (Å²) in [5, 5.41) is 0. The van der Waals surface area contributed by atoms with Gasteiger partial charge in [0.1, 0.15) is 0 Å².